The summed E-state index contributed by atoms with van der Waals surface area (Å²) in [7, 11) is 2.89. The first kappa shape index (κ1) is 17.6. The molecule has 0 bridgehead atoms. The predicted octanol–water partition coefficient (Wildman–Crippen LogP) is 2.57. The quantitative estimate of drug-likeness (QED) is 0.747. The van der Waals surface area contributed by atoms with E-state index in [4.69, 9.17) is 26.8 Å². The van der Waals surface area contributed by atoms with Gasteiger partial charge in [0.05, 0.1) is 27.2 Å². The normalized spacial score (nSPS) is 11.9. The molecule has 0 aliphatic rings. The number of ether oxygens (including phenoxy) is 3. The number of hydrogen-bond acceptors (Lipinski definition) is 5. The molecular weight excluding hydrogens is 294 g/mol. The minimum atomic E-state index is -0.324. The van der Waals surface area contributed by atoms with Gasteiger partial charge in [0.25, 0.3) is 0 Å². The molecule has 5 nitrogen and oxygen atoms in total. The van der Waals surface area contributed by atoms with Crippen molar-refractivity contribution in [3.8, 4) is 11.5 Å². The molecule has 0 fully saturated rings. The Morgan fingerprint density at radius 2 is 2.10 bits per heavy atom. The van der Waals surface area contributed by atoms with Crippen LogP contribution in [-0.4, -0.2) is 32.8 Å². The number of nitrogens with two attached hydrogens (primary N) is 1. The lowest BCUT2D eigenvalue weighted by Gasteiger charge is -2.17. The van der Waals surface area contributed by atoms with E-state index in [1.165, 1.54) is 7.11 Å². The highest BCUT2D eigenvalue weighted by molar-refractivity contribution is 6.30. The Morgan fingerprint density at radius 3 is 2.67 bits per heavy atom. The van der Waals surface area contributed by atoms with E-state index in [-0.39, 0.29) is 25.0 Å². The van der Waals surface area contributed by atoms with Crippen LogP contribution in [0.25, 0.3) is 0 Å². The van der Waals surface area contributed by atoms with Gasteiger partial charge >= 0.3 is 5.97 Å². The number of esters is 1. The maximum Gasteiger partial charge on any atom is 0.308 e. The molecule has 6 heteroatoms. The van der Waals surface area contributed by atoms with Crippen LogP contribution < -0.4 is 15.2 Å². The van der Waals surface area contributed by atoms with Crippen molar-refractivity contribution in [1.82, 2.24) is 0 Å². The minimum absolute atomic E-state index is 0.0103. The van der Waals surface area contributed by atoms with Gasteiger partial charge in [0.15, 0.2) is 11.5 Å². The SMILES string of the molecule is CCC(N)Cc1cc(Cl)cc(OC)c1OCCC(=O)OC. The van der Waals surface area contributed by atoms with Crippen molar-refractivity contribution in [2.75, 3.05) is 20.8 Å². The van der Waals surface area contributed by atoms with E-state index < -0.39 is 0 Å². The summed E-state index contributed by atoms with van der Waals surface area (Å²) in [6.45, 7) is 2.23. The molecular formula is C15H22ClNO4. The summed E-state index contributed by atoms with van der Waals surface area (Å²) < 4.78 is 15.6. The molecule has 0 saturated carbocycles. The molecule has 118 valence electrons. The summed E-state index contributed by atoms with van der Waals surface area (Å²) in [6.07, 6.45) is 1.64. The van der Waals surface area contributed by atoms with Gasteiger partial charge < -0.3 is 19.9 Å². The van der Waals surface area contributed by atoms with E-state index in [1.807, 2.05) is 13.0 Å². The first-order valence-electron chi connectivity index (χ1n) is 6.83. The van der Waals surface area contributed by atoms with E-state index in [0.29, 0.717) is 22.9 Å². The zero-order chi connectivity index (χ0) is 15.8. The molecule has 0 amide bonds. The van der Waals surface area contributed by atoms with Crippen molar-refractivity contribution in [2.45, 2.75) is 32.2 Å². The number of carbonyl (C=O) groups is 1. The topological polar surface area (TPSA) is 70.8 Å². The maximum absolute atomic E-state index is 11.1. The van der Waals surface area contributed by atoms with E-state index >= 15 is 0 Å². The monoisotopic (exact) mass is 315 g/mol. The molecule has 0 heterocycles. The fraction of sp³-hybridized carbons (Fsp3) is 0.533. The summed E-state index contributed by atoms with van der Waals surface area (Å²) in [6, 6.07) is 3.50. The van der Waals surface area contributed by atoms with Crippen LogP contribution >= 0.6 is 11.6 Å². The molecule has 0 aliphatic heterocycles. The van der Waals surface area contributed by atoms with Gasteiger partial charge in [0.2, 0.25) is 0 Å². The molecule has 1 unspecified atom stereocenters. The van der Waals surface area contributed by atoms with Crippen LogP contribution in [-0.2, 0) is 16.0 Å². The molecule has 0 aliphatic carbocycles. The zero-order valence-electron chi connectivity index (χ0n) is 12.6. The van der Waals surface area contributed by atoms with Crippen LogP contribution in [0.15, 0.2) is 12.1 Å². The first-order valence-corrected chi connectivity index (χ1v) is 7.21. The summed E-state index contributed by atoms with van der Waals surface area (Å²) in [4.78, 5) is 11.1. The van der Waals surface area contributed by atoms with Gasteiger partial charge in [0, 0.05) is 22.7 Å². The van der Waals surface area contributed by atoms with Gasteiger partial charge in [-0.05, 0) is 18.9 Å². The average molecular weight is 316 g/mol. The van der Waals surface area contributed by atoms with Gasteiger partial charge in [-0.3, -0.25) is 4.79 Å². The van der Waals surface area contributed by atoms with Gasteiger partial charge in [0.1, 0.15) is 0 Å². The smallest absolute Gasteiger partial charge is 0.308 e. The molecule has 1 aromatic carbocycles. The highest BCUT2D eigenvalue weighted by atomic mass is 35.5. The number of carbonyl (C=O) groups excluding carboxylic acids is 1. The Morgan fingerprint density at radius 1 is 1.38 bits per heavy atom. The Labute approximate surface area is 130 Å². The van der Waals surface area contributed by atoms with Crippen LogP contribution in [0.5, 0.6) is 11.5 Å². The number of halogens is 1. The van der Waals surface area contributed by atoms with Crippen molar-refractivity contribution in [3.63, 3.8) is 0 Å². The van der Waals surface area contributed by atoms with Gasteiger partial charge in [-0.25, -0.2) is 0 Å². The van der Waals surface area contributed by atoms with Crippen molar-refractivity contribution >= 4 is 17.6 Å². The van der Waals surface area contributed by atoms with Gasteiger partial charge in [-0.2, -0.15) is 0 Å². The second kappa shape index (κ2) is 8.74. The van der Waals surface area contributed by atoms with E-state index in [0.717, 1.165) is 12.0 Å². The lowest BCUT2D eigenvalue weighted by Crippen LogP contribution is -2.22. The predicted molar refractivity (Wildman–Crippen MR) is 82.1 cm³/mol. The van der Waals surface area contributed by atoms with E-state index in [2.05, 4.69) is 4.74 Å². The zero-order valence-corrected chi connectivity index (χ0v) is 13.4. The number of methoxy groups -OCH3 is 2. The molecule has 1 rings (SSSR count). The Balaban J connectivity index is 2.93. The van der Waals surface area contributed by atoms with Crippen molar-refractivity contribution in [1.29, 1.82) is 0 Å². The standard InChI is InChI=1S/C15H22ClNO4/c1-4-12(17)8-10-7-11(16)9-13(19-2)15(10)21-6-5-14(18)20-3/h7,9,12H,4-6,8,17H2,1-3H3. The van der Waals surface area contributed by atoms with Gasteiger partial charge in [-0.15, -0.1) is 0 Å². The Bertz CT molecular complexity index is 479. The molecule has 0 radical (unpaired) electrons. The Kier molecular flexibility index (Phi) is 7.32. The molecule has 2 N–H and O–H groups in total. The van der Waals surface area contributed by atoms with Gasteiger partial charge in [-0.1, -0.05) is 18.5 Å². The first-order chi connectivity index (χ1) is 10.0. The van der Waals surface area contributed by atoms with Crippen LogP contribution in [0.2, 0.25) is 5.02 Å². The lowest BCUT2D eigenvalue weighted by molar-refractivity contribution is -0.141. The molecule has 0 saturated heterocycles. The van der Waals surface area contributed by atoms with E-state index in [1.54, 1.807) is 13.2 Å². The second-order valence-electron chi connectivity index (χ2n) is 4.64. The number of benzene rings is 1. The summed E-state index contributed by atoms with van der Waals surface area (Å²) in [5, 5.41) is 0.561. The van der Waals surface area contributed by atoms with Crippen LogP contribution in [0.1, 0.15) is 25.3 Å². The van der Waals surface area contributed by atoms with Crippen LogP contribution in [0.4, 0.5) is 0 Å². The fourth-order valence-corrected chi connectivity index (χ4v) is 2.09. The average Bonchev–Trinajstić information content (AvgIpc) is 2.48. The maximum atomic E-state index is 11.1. The second-order valence-corrected chi connectivity index (χ2v) is 5.08. The van der Waals surface area contributed by atoms with Crippen LogP contribution in [0.3, 0.4) is 0 Å². The third kappa shape index (κ3) is 5.44. The minimum Gasteiger partial charge on any atom is -0.493 e. The molecule has 1 aromatic rings. The summed E-state index contributed by atoms with van der Waals surface area (Å²) in [5.41, 5.74) is 6.87. The van der Waals surface area contributed by atoms with Crippen LogP contribution in [0, 0.1) is 0 Å². The number of hydrogen-bond donors (Lipinski definition) is 1. The highest BCUT2D eigenvalue weighted by Crippen LogP contribution is 2.35. The third-order valence-corrected chi connectivity index (χ3v) is 3.32. The van der Waals surface area contributed by atoms with Crippen molar-refractivity contribution in [3.05, 3.63) is 22.7 Å². The van der Waals surface area contributed by atoms with Crippen molar-refractivity contribution in [2.24, 2.45) is 5.73 Å². The summed E-state index contributed by atoms with van der Waals surface area (Å²) in [5.74, 6) is 0.787. The lowest BCUT2D eigenvalue weighted by atomic mass is 10.0. The van der Waals surface area contributed by atoms with Crippen molar-refractivity contribution < 1.29 is 19.0 Å². The fourth-order valence-electron chi connectivity index (χ4n) is 1.86. The van der Waals surface area contributed by atoms with E-state index in [9.17, 15) is 4.79 Å². The molecule has 0 aromatic heterocycles. The highest BCUT2D eigenvalue weighted by Gasteiger charge is 2.15. The molecule has 1 atom stereocenters. The number of rotatable bonds is 8. The largest absolute Gasteiger partial charge is 0.493 e. The Hall–Kier alpha value is -1.46. The third-order valence-electron chi connectivity index (χ3n) is 3.10. The summed E-state index contributed by atoms with van der Waals surface area (Å²) >= 11 is 6.08. The molecule has 21 heavy (non-hydrogen) atoms. The molecule has 0 spiro atoms.